The average molecular weight is 315 g/mol. The molecule has 4 heteroatoms. The van der Waals surface area contributed by atoms with E-state index in [1.807, 2.05) is 18.0 Å². The van der Waals surface area contributed by atoms with Crippen molar-refractivity contribution in [2.24, 2.45) is 5.41 Å². The van der Waals surface area contributed by atoms with Gasteiger partial charge in [0.2, 0.25) is 0 Å². The van der Waals surface area contributed by atoms with Crippen molar-refractivity contribution in [1.29, 1.82) is 0 Å². The number of nitrogens with one attached hydrogen (secondary N) is 1. The van der Waals surface area contributed by atoms with Crippen molar-refractivity contribution >= 4 is 33.4 Å². The molecule has 0 saturated carbocycles. The highest BCUT2D eigenvalue weighted by Gasteiger charge is 2.28. The maximum atomic E-state index is 4.33. The van der Waals surface area contributed by atoms with Gasteiger partial charge in [-0.2, -0.15) is 11.8 Å². The molecule has 1 N–H and O–H groups in total. The number of halogens is 1. The minimum atomic E-state index is 0.443. The minimum Gasteiger partial charge on any atom is -0.380 e. The minimum absolute atomic E-state index is 0.443. The van der Waals surface area contributed by atoms with Gasteiger partial charge in [0.25, 0.3) is 0 Å². The number of rotatable bonds is 2. The predicted octanol–water partition coefficient (Wildman–Crippen LogP) is 4.10. The highest BCUT2D eigenvalue weighted by Crippen LogP contribution is 2.34. The summed E-state index contributed by atoms with van der Waals surface area (Å²) in [6.07, 6.45) is 3.14. The van der Waals surface area contributed by atoms with Gasteiger partial charge in [-0.25, -0.2) is 4.98 Å². The van der Waals surface area contributed by atoms with Gasteiger partial charge in [0.1, 0.15) is 4.60 Å². The molecule has 94 valence electrons. The second-order valence-corrected chi connectivity index (χ2v) is 7.34. The van der Waals surface area contributed by atoms with Crippen LogP contribution in [0.1, 0.15) is 25.8 Å². The van der Waals surface area contributed by atoms with Gasteiger partial charge < -0.3 is 5.32 Å². The Kier molecular flexibility index (Phi) is 4.03. The molecule has 1 aliphatic heterocycles. The normalized spacial score (nSPS) is 23.4. The summed E-state index contributed by atoms with van der Waals surface area (Å²) >= 11 is 5.47. The molecule has 0 amide bonds. The number of hydrogen-bond donors (Lipinski definition) is 1. The van der Waals surface area contributed by atoms with Crippen LogP contribution >= 0.6 is 27.7 Å². The van der Waals surface area contributed by atoms with Gasteiger partial charge in [0.05, 0.1) is 11.9 Å². The summed E-state index contributed by atoms with van der Waals surface area (Å²) in [4.78, 5) is 4.33. The smallest absolute Gasteiger partial charge is 0.109 e. The first-order valence-electron chi connectivity index (χ1n) is 5.93. The number of pyridine rings is 1. The molecule has 2 heterocycles. The van der Waals surface area contributed by atoms with Crippen molar-refractivity contribution in [3.05, 3.63) is 22.4 Å². The van der Waals surface area contributed by atoms with Gasteiger partial charge in [-0.1, -0.05) is 13.8 Å². The molecule has 1 fully saturated rings. The first kappa shape index (κ1) is 13.2. The molecule has 0 aromatic carbocycles. The molecule has 0 aliphatic carbocycles. The molecule has 1 aromatic rings. The molecule has 1 saturated heterocycles. The number of hydrogen-bond acceptors (Lipinski definition) is 3. The summed E-state index contributed by atoms with van der Waals surface area (Å²) < 4.78 is 0.932. The maximum Gasteiger partial charge on any atom is 0.109 e. The lowest BCUT2D eigenvalue weighted by atomic mass is 9.88. The third-order valence-corrected chi connectivity index (χ3v) is 5.45. The fourth-order valence-corrected chi connectivity index (χ4v) is 3.72. The molecule has 1 atom stereocenters. The van der Waals surface area contributed by atoms with E-state index in [1.54, 1.807) is 0 Å². The Balaban J connectivity index is 2.03. The van der Waals surface area contributed by atoms with E-state index >= 15 is 0 Å². The van der Waals surface area contributed by atoms with E-state index in [9.17, 15) is 0 Å². The molecule has 0 spiro atoms. The fourth-order valence-electron chi connectivity index (χ4n) is 2.23. The third kappa shape index (κ3) is 3.62. The van der Waals surface area contributed by atoms with Crippen molar-refractivity contribution in [3.63, 3.8) is 0 Å². The van der Waals surface area contributed by atoms with Crippen LogP contribution in [-0.4, -0.2) is 22.5 Å². The lowest BCUT2D eigenvalue weighted by molar-refractivity contribution is 0.358. The topological polar surface area (TPSA) is 24.9 Å². The van der Waals surface area contributed by atoms with Crippen molar-refractivity contribution < 1.29 is 0 Å². The maximum absolute atomic E-state index is 4.33. The summed E-state index contributed by atoms with van der Waals surface area (Å²) in [6.45, 7) is 6.76. The zero-order chi connectivity index (χ0) is 12.5. The van der Waals surface area contributed by atoms with Crippen LogP contribution in [0.3, 0.4) is 0 Å². The molecule has 17 heavy (non-hydrogen) atoms. The molecule has 1 aliphatic rings. The number of aryl methyl sites for hydroxylation is 1. The van der Waals surface area contributed by atoms with E-state index in [0.717, 1.165) is 10.3 Å². The second kappa shape index (κ2) is 5.19. The van der Waals surface area contributed by atoms with Crippen LogP contribution in [0.25, 0.3) is 0 Å². The van der Waals surface area contributed by atoms with E-state index in [0.29, 0.717) is 11.5 Å². The number of thioether (sulfide) groups is 1. The van der Waals surface area contributed by atoms with E-state index in [1.165, 1.54) is 23.5 Å². The van der Waals surface area contributed by atoms with Crippen LogP contribution < -0.4 is 5.32 Å². The van der Waals surface area contributed by atoms with Gasteiger partial charge >= 0.3 is 0 Å². The Morgan fingerprint density at radius 3 is 2.94 bits per heavy atom. The second-order valence-electron chi connectivity index (χ2n) is 5.56. The standard InChI is InChI=1S/C13H19BrN2S/c1-9-4-10(6-15-12(9)14)16-11-5-13(2,3)8-17-7-11/h4,6,11,16H,5,7-8H2,1-3H3. The number of nitrogens with zero attached hydrogens (tertiary/aromatic N) is 1. The molecular weight excluding hydrogens is 296 g/mol. The molecule has 2 nitrogen and oxygen atoms in total. The molecular formula is C13H19BrN2S. The predicted molar refractivity (Wildman–Crippen MR) is 79.8 cm³/mol. The fraction of sp³-hybridized carbons (Fsp3) is 0.615. The van der Waals surface area contributed by atoms with Gasteiger partial charge in [-0.3, -0.25) is 0 Å². The Bertz CT molecular complexity index is 406. The number of aromatic nitrogens is 1. The SMILES string of the molecule is Cc1cc(NC2CSCC(C)(C)C2)cnc1Br. The summed E-state index contributed by atoms with van der Waals surface area (Å²) in [6, 6.07) is 2.72. The Morgan fingerprint density at radius 1 is 1.53 bits per heavy atom. The first-order chi connectivity index (χ1) is 7.96. The zero-order valence-electron chi connectivity index (χ0n) is 10.6. The van der Waals surface area contributed by atoms with E-state index in [2.05, 4.69) is 53.1 Å². The largest absolute Gasteiger partial charge is 0.380 e. The third-order valence-electron chi connectivity index (χ3n) is 3.00. The lowest BCUT2D eigenvalue weighted by Crippen LogP contribution is -2.35. The van der Waals surface area contributed by atoms with Crippen LogP contribution in [0.4, 0.5) is 5.69 Å². The molecule has 2 rings (SSSR count). The zero-order valence-corrected chi connectivity index (χ0v) is 13.0. The van der Waals surface area contributed by atoms with Crippen LogP contribution in [-0.2, 0) is 0 Å². The van der Waals surface area contributed by atoms with Gasteiger partial charge in [0, 0.05) is 11.8 Å². The highest BCUT2D eigenvalue weighted by molar-refractivity contribution is 9.10. The van der Waals surface area contributed by atoms with E-state index in [4.69, 9.17) is 0 Å². The van der Waals surface area contributed by atoms with Crippen LogP contribution in [0, 0.1) is 12.3 Å². The summed E-state index contributed by atoms with van der Waals surface area (Å²) in [5.74, 6) is 2.46. The van der Waals surface area contributed by atoms with Crippen LogP contribution in [0.5, 0.6) is 0 Å². The van der Waals surface area contributed by atoms with E-state index < -0.39 is 0 Å². The average Bonchev–Trinajstić information content (AvgIpc) is 2.22. The molecule has 1 aromatic heterocycles. The van der Waals surface area contributed by atoms with E-state index in [-0.39, 0.29) is 0 Å². The first-order valence-corrected chi connectivity index (χ1v) is 7.87. The summed E-state index contributed by atoms with van der Waals surface area (Å²) in [5.41, 5.74) is 2.75. The van der Waals surface area contributed by atoms with Crippen molar-refractivity contribution in [2.75, 3.05) is 16.8 Å². The Hall–Kier alpha value is -0.220. The van der Waals surface area contributed by atoms with Crippen molar-refractivity contribution in [1.82, 2.24) is 4.98 Å². The van der Waals surface area contributed by atoms with Crippen LogP contribution in [0.15, 0.2) is 16.9 Å². The summed E-state index contributed by atoms with van der Waals surface area (Å²) in [5, 5.41) is 3.60. The monoisotopic (exact) mass is 314 g/mol. The lowest BCUT2D eigenvalue weighted by Gasteiger charge is -2.35. The Labute approximate surface area is 116 Å². The summed E-state index contributed by atoms with van der Waals surface area (Å²) in [7, 11) is 0. The number of anilines is 1. The van der Waals surface area contributed by atoms with Gasteiger partial charge in [-0.15, -0.1) is 0 Å². The van der Waals surface area contributed by atoms with Gasteiger partial charge in [-0.05, 0) is 52.1 Å². The molecule has 0 radical (unpaired) electrons. The molecule has 1 unspecified atom stereocenters. The van der Waals surface area contributed by atoms with Crippen LogP contribution in [0.2, 0.25) is 0 Å². The van der Waals surface area contributed by atoms with Crippen molar-refractivity contribution in [3.8, 4) is 0 Å². The Morgan fingerprint density at radius 2 is 2.29 bits per heavy atom. The molecule has 0 bridgehead atoms. The van der Waals surface area contributed by atoms with Gasteiger partial charge in [0.15, 0.2) is 0 Å². The van der Waals surface area contributed by atoms with Crippen molar-refractivity contribution in [2.45, 2.75) is 33.2 Å². The highest BCUT2D eigenvalue weighted by atomic mass is 79.9. The quantitative estimate of drug-likeness (QED) is 0.832.